The molecule has 0 saturated carbocycles. The van der Waals surface area contributed by atoms with Gasteiger partial charge in [0, 0.05) is 36.7 Å². The van der Waals surface area contributed by atoms with Gasteiger partial charge in [-0.2, -0.15) is 4.39 Å². The normalized spacial score (nSPS) is 16.0. The lowest BCUT2D eigenvalue weighted by atomic mass is 10.0. The molecule has 0 amide bonds. The van der Waals surface area contributed by atoms with Crippen molar-refractivity contribution in [3.8, 4) is 11.8 Å². The lowest BCUT2D eigenvalue weighted by molar-refractivity contribution is 0.746. The minimum absolute atomic E-state index is 0.00180. The second kappa shape index (κ2) is 7.08. The van der Waals surface area contributed by atoms with Crippen molar-refractivity contribution in [2.45, 2.75) is 5.92 Å². The van der Waals surface area contributed by atoms with E-state index in [1.54, 1.807) is 6.08 Å². The molecule has 0 spiro atoms. The number of aromatic amines is 1. The van der Waals surface area contributed by atoms with Crippen LogP contribution in [0.5, 0.6) is 0 Å². The van der Waals surface area contributed by atoms with Crippen LogP contribution in [0, 0.1) is 11.8 Å². The number of hydrogen-bond donors (Lipinski definition) is 1. The predicted molar refractivity (Wildman–Crippen MR) is 108 cm³/mol. The van der Waals surface area contributed by atoms with Crippen LogP contribution in [0.1, 0.15) is 22.9 Å². The Morgan fingerprint density at radius 2 is 1.93 bits per heavy atom. The molecule has 1 aliphatic heterocycles. The summed E-state index contributed by atoms with van der Waals surface area (Å²) in [6.07, 6.45) is 3.20. The second-order valence-corrected chi connectivity index (χ2v) is 6.68. The molecule has 1 aliphatic rings. The highest BCUT2D eigenvalue weighted by Crippen LogP contribution is 2.22. The van der Waals surface area contributed by atoms with Crippen LogP contribution in [0.4, 0.5) is 10.1 Å². The second-order valence-electron chi connectivity index (χ2n) is 6.68. The summed E-state index contributed by atoms with van der Waals surface area (Å²) >= 11 is 0. The summed E-state index contributed by atoms with van der Waals surface area (Å²) < 4.78 is 13.0. The number of fused-ring (bicyclic) bond motifs is 1. The molecule has 27 heavy (non-hydrogen) atoms. The standard InChI is InChI=1S/C22H19FN4/c1-27(2)19-9-4-15(5-10-19)3-8-18-13-16-6-11-20(26-22(16)25-18)17-7-12-21(23)24-14-17/h4-7,9-13,17H,14H2,1-2H3,(H,25,26). The highest BCUT2D eigenvalue weighted by atomic mass is 19.1. The lowest BCUT2D eigenvalue weighted by Gasteiger charge is -2.12. The first-order chi connectivity index (χ1) is 13.1. The van der Waals surface area contributed by atoms with E-state index in [2.05, 4.69) is 31.7 Å². The highest BCUT2D eigenvalue weighted by Gasteiger charge is 2.14. The Balaban J connectivity index is 1.56. The summed E-state index contributed by atoms with van der Waals surface area (Å²) in [5, 5.41) is 1.00. The van der Waals surface area contributed by atoms with Crippen molar-refractivity contribution in [2.75, 3.05) is 25.5 Å². The average molecular weight is 358 g/mol. The molecule has 4 nitrogen and oxygen atoms in total. The van der Waals surface area contributed by atoms with Crippen LogP contribution in [0.25, 0.3) is 11.0 Å². The Bertz CT molecular complexity index is 1090. The molecule has 0 aliphatic carbocycles. The maximum atomic E-state index is 13.0. The third-order valence-corrected chi connectivity index (χ3v) is 4.51. The van der Waals surface area contributed by atoms with E-state index in [0.717, 1.165) is 33.7 Å². The lowest BCUT2D eigenvalue weighted by Crippen LogP contribution is -2.07. The van der Waals surface area contributed by atoms with Gasteiger partial charge in [-0.25, -0.2) is 4.98 Å². The minimum Gasteiger partial charge on any atom is -0.378 e. The predicted octanol–water partition coefficient (Wildman–Crippen LogP) is 4.05. The number of halogens is 1. The van der Waals surface area contributed by atoms with Crippen LogP contribution in [0.2, 0.25) is 0 Å². The largest absolute Gasteiger partial charge is 0.378 e. The van der Waals surface area contributed by atoms with E-state index >= 15 is 0 Å². The van der Waals surface area contributed by atoms with Crippen LogP contribution >= 0.6 is 0 Å². The third kappa shape index (κ3) is 3.75. The highest BCUT2D eigenvalue weighted by molar-refractivity contribution is 5.87. The summed E-state index contributed by atoms with van der Waals surface area (Å²) in [6, 6.07) is 14.1. The SMILES string of the molecule is CN(C)c1ccc(C#Cc2cc3ccc(C4C=CC(F)=NC4)nc3[nH]2)cc1. The maximum Gasteiger partial charge on any atom is 0.208 e. The number of benzene rings is 1. The van der Waals surface area contributed by atoms with Crippen molar-refractivity contribution >= 4 is 22.7 Å². The van der Waals surface area contributed by atoms with E-state index in [9.17, 15) is 4.39 Å². The number of rotatable bonds is 2. The van der Waals surface area contributed by atoms with Gasteiger partial charge in [-0.3, -0.25) is 4.99 Å². The Kier molecular flexibility index (Phi) is 4.47. The molecular weight excluding hydrogens is 339 g/mol. The molecule has 0 radical (unpaired) electrons. The molecular formula is C22H19FN4. The van der Waals surface area contributed by atoms with Crippen molar-refractivity contribution in [2.24, 2.45) is 4.99 Å². The van der Waals surface area contributed by atoms with Gasteiger partial charge in [0.05, 0.1) is 17.9 Å². The van der Waals surface area contributed by atoms with Gasteiger partial charge in [0.15, 0.2) is 0 Å². The number of aliphatic imine (C=N–C) groups is 1. The summed E-state index contributed by atoms with van der Waals surface area (Å²) in [7, 11) is 4.02. The van der Waals surface area contributed by atoms with Crippen molar-refractivity contribution in [1.29, 1.82) is 0 Å². The van der Waals surface area contributed by atoms with Gasteiger partial charge < -0.3 is 9.88 Å². The zero-order valence-corrected chi connectivity index (χ0v) is 15.2. The van der Waals surface area contributed by atoms with Gasteiger partial charge in [0.25, 0.3) is 0 Å². The van der Waals surface area contributed by atoms with Crippen LogP contribution in [0.15, 0.2) is 59.6 Å². The van der Waals surface area contributed by atoms with Crippen molar-refractivity contribution in [3.05, 3.63) is 71.6 Å². The number of anilines is 1. The molecule has 4 rings (SSSR count). The number of H-pyrrole nitrogens is 1. The van der Waals surface area contributed by atoms with Gasteiger partial charge in [-0.1, -0.05) is 12.0 Å². The van der Waals surface area contributed by atoms with E-state index in [0.29, 0.717) is 6.54 Å². The van der Waals surface area contributed by atoms with Crippen LogP contribution < -0.4 is 4.90 Å². The fourth-order valence-corrected chi connectivity index (χ4v) is 2.96. The van der Waals surface area contributed by atoms with E-state index in [1.165, 1.54) is 6.08 Å². The minimum atomic E-state index is -0.427. The van der Waals surface area contributed by atoms with E-state index in [-0.39, 0.29) is 5.92 Å². The Labute approximate surface area is 157 Å². The molecule has 1 atom stereocenters. The third-order valence-electron chi connectivity index (χ3n) is 4.51. The van der Waals surface area contributed by atoms with Gasteiger partial charge >= 0.3 is 0 Å². The first-order valence-electron chi connectivity index (χ1n) is 8.76. The molecule has 5 heteroatoms. The fraction of sp³-hybridized carbons (Fsp3) is 0.182. The summed E-state index contributed by atoms with van der Waals surface area (Å²) in [6.45, 7) is 0.386. The van der Waals surface area contributed by atoms with Gasteiger partial charge in [0.1, 0.15) is 5.65 Å². The van der Waals surface area contributed by atoms with E-state index in [1.807, 2.05) is 56.6 Å². The number of aromatic nitrogens is 2. The zero-order valence-electron chi connectivity index (χ0n) is 15.2. The molecule has 0 fully saturated rings. The smallest absolute Gasteiger partial charge is 0.208 e. The van der Waals surface area contributed by atoms with Gasteiger partial charge in [-0.05, 0) is 54.5 Å². The first kappa shape index (κ1) is 17.0. The zero-order chi connectivity index (χ0) is 18.8. The van der Waals surface area contributed by atoms with Crippen molar-refractivity contribution in [3.63, 3.8) is 0 Å². The summed E-state index contributed by atoms with van der Waals surface area (Å²) in [5.74, 6) is 5.91. The molecule has 3 aromatic rings. The van der Waals surface area contributed by atoms with Gasteiger partial charge in [0.2, 0.25) is 5.97 Å². The Morgan fingerprint density at radius 1 is 1.11 bits per heavy atom. The Hall–Kier alpha value is -3.39. The van der Waals surface area contributed by atoms with E-state index in [4.69, 9.17) is 0 Å². The number of dihydropyridines is 1. The summed E-state index contributed by atoms with van der Waals surface area (Å²) in [5.41, 5.74) is 4.57. The van der Waals surface area contributed by atoms with Crippen molar-refractivity contribution in [1.82, 2.24) is 9.97 Å². The van der Waals surface area contributed by atoms with Crippen LogP contribution in [-0.2, 0) is 0 Å². The number of nitrogens with zero attached hydrogens (tertiary/aromatic N) is 3. The maximum absolute atomic E-state index is 13.0. The van der Waals surface area contributed by atoms with E-state index < -0.39 is 5.97 Å². The van der Waals surface area contributed by atoms with Crippen LogP contribution in [-0.4, -0.2) is 36.6 Å². The number of nitrogens with one attached hydrogen (secondary N) is 1. The molecule has 0 saturated heterocycles. The molecule has 2 aromatic heterocycles. The Morgan fingerprint density at radius 3 is 2.63 bits per heavy atom. The van der Waals surface area contributed by atoms with Crippen LogP contribution in [0.3, 0.4) is 0 Å². The first-order valence-corrected chi connectivity index (χ1v) is 8.76. The molecule has 1 N–H and O–H groups in total. The topological polar surface area (TPSA) is 44.3 Å². The number of allylic oxidation sites excluding steroid dienone is 1. The molecule has 3 heterocycles. The number of pyridine rings is 1. The molecule has 0 bridgehead atoms. The van der Waals surface area contributed by atoms with Crippen molar-refractivity contribution < 1.29 is 4.39 Å². The van der Waals surface area contributed by atoms with Gasteiger partial charge in [-0.15, -0.1) is 0 Å². The fourth-order valence-electron chi connectivity index (χ4n) is 2.96. The summed E-state index contributed by atoms with van der Waals surface area (Å²) in [4.78, 5) is 13.8. The monoisotopic (exact) mass is 358 g/mol. The quantitative estimate of drug-likeness (QED) is 0.703. The average Bonchev–Trinajstić information content (AvgIpc) is 3.09. The number of hydrogen-bond acceptors (Lipinski definition) is 3. The molecule has 1 aromatic carbocycles. The molecule has 134 valence electrons. The molecule has 1 unspecified atom stereocenters.